The first-order chi connectivity index (χ1) is 17.5. The fourth-order valence-corrected chi connectivity index (χ4v) is 3.89. The molecule has 9 heteroatoms. The van der Waals surface area contributed by atoms with Gasteiger partial charge in [-0.05, 0) is 66.9 Å². The third kappa shape index (κ3) is 4.95. The van der Waals surface area contributed by atoms with Gasteiger partial charge in [-0.1, -0.05) is 18.2 Å². The van der Waals surface area contributed by atoms with Crippen molar-refractivity contribution in [3.63, 3.8) is 0 Å². The van der Waals surface area contributed by atoms with E-state index in [0.29, 0.717) is 40.8 Å². The van der Waals surface area contributed by atoms with Gasteiger partial charge in [-0.25, -0.2) is 0 Å². The second-order valence-corrected chi connectivity index (χ2v) is 7.88. The lowest BCUT2D eigenvalue weighted by atomic mass is 10.00. The number of rotatable bonds is 9. The molecule has 1 aromatic heterocycles. The summed E-state index contributed by atoms with van der Waals surface area (Å²) in [6, 6.07) is 17.1. The molecule has 0 aliphatic heterocycles. The Kier molecular flexibility index (Phi) is 7.39. The molecule has 0 fully saturated rings. The summed E-state index contributed by atoms with van der Waals surface area (Å²) in [4.78, 5) is 12.6. The first-order valence-corrected chi connectivity index (χ1v) is 11.4. The van der Waals surface area contributed by atoms with Crippen molar-refractivity contribution in [2.75, 3.05) is 27.9 Å². The van der Waals surface area contributed by atoms with Gasteiger partial charge in [-0.2, -0.15) is 5.11 Å². The summed E-state index contributed by atoms with van der Waals surface area (Å²) in [7, 11) is 4.59. The lowest BCUT2D eigenvalue weighted by Crippen LogP contribution is -1.97. The fourth-order valence-electron chi connectivity index (χ4n) is 3.89. The van der Waals surface area contributed by atoms with Gasteiger partial charge in [0.25, 0.3) is 5.56 Å². The maximum absolute atomic E-state index is 12.6. The third-order valence-corrected chi connectivity index (χ3v) is 5.65. The first kappa shape index (κ1) is 24.6. The number of aromatic nitrogens is 2. The molecule has 0 saturated heterocycles. The summed E-state index contributed by atoms with van der Waals surface area (Å²) < 4.78 is 21.9. The zero-order chi connectivity index (χ0) is 25.7. The smallest absolute Gasteiger partial charge is 0.292 e. The molecule has 0 bridgehead atoms. The van der Waals surface area contributed by atoms with Crippen LogP contribution in [0.2, 0.25) is 0 Å². The number of azo groups is 1. The third-order valence-electron chi connectivity index (χ3n) is 5.65. The molecule has 1 heterocycles. The van der Waals surface area contributed by atoms with Crippen molar-refractivity contribution in [1.29, 1.82) is 0 Å². The number of nitrogens with one attached hydrogen (secondary N) is 2. The molecule has 0 radical (unpaired) electrons. The van der Waals surface area contributed by atoms with Crippen LogP contribution >= 0.6 is 0 Å². The standard InChI is InChI=1S/C27H28N4O5/c1-6-36-20-9-7-8-17(12-20)21-15-19(11-10-16(21)2)28-30-25-24(29-31-27(25)32)18-13-22(33-3)26(35-5)23(14-18)34-4/h7-15H,6H2,1-5H3,(H2,29,31,32). The van der Waals surface area contributed by atoms with Gasteiger partial charge in [0.05, 0.1) is 39.3 Å². The second-order valence-electron chi connectivity index (χ2n) is 7.88. The summed E-state index contributed by atoms with van der Waals surface area (Å²) in [6.45, 7) is 4.58. The zero-order valence-electron chi connectivity index (χ0n) is 20.8. The quantitative estimate of drug-likeness (QED) is 0.273. The summed E-state index contributed by atoms with van der Waals surface area (Å²) in [6.07, 6.45) is 0. The Morgan fingerprint density at radius 2 is 1.58 bits per heavy atom. The Bertz CT molecular complexity index is 1430. The predicted molar refractivity (Wildman–Crippen MR) is 138 cm³/mol. The van der Waals surface area contributed by atoms with Crippen LogP contribution in [0.4, 0.5) is 11.4 Å². The van der Waals surface area contributed by atoms with Crippen LogP contribution in [0, 0.1) is 6.92 Å². The molecular formula is C27H28N4O5. The molecule has 36 heavy (non-hydrogen) atoms. The van der Waals surface area contributed by atoms with Crippen molar-refractivity contribution in [2.24, 2.45) is 10.2 Å². The largest absolute Gasteiger partial charge is 0.494 e. The van der Waals surface area contributed by atoms with Crippen LogP contribution in [0.1, 0.15) is 12.5 Å². The van der Waals surface area contributed by atoms with Crippen molar-refractivity contribution < 1.29 is 18.9 Å². The van der Waals surface area contributed by atoms with E-state index in [1.807, 2.05) is 56.3 Å². The number of methoxy groups -OCH3 is 3. The summed E-state index contributed by atoms with van der Waals surface area (Å²) >= 11 is 0. The molecule has 9 nitrogen and oxygen atoms in total. The van der Waals surface area contributed by atoms with Crippen molar-refractivity contribution in [1.82, 2.24) is 10.2 Å². The van der Waals surface area contributed by atoms with Crippen molar-refractivity contribution in [2.45, 2.75) is 13.8 Å². The van der Waals surface area contributed by atoms with E-state index in [1.54, 1.807) is 12.1 Å². The van der Waals surface area contributed by atoms with E-state index in [4.69, 9.17) is 18.9 Å². The monoisotopic (exact) mass is 488 g/mol. The van der Waals surface area contributed by atoms with Crippen LogP contribution in [-0.4, -0.2) is 38.1 Å². The number of hydrogen-bond acceptors (Lipinski definition) is 7. The molecule has 3 aromatic carbocycles. The lowest BCUT2D eigenvalue weighted by molar-refractivity contribution is 0.324. The number of hydrogen-bond donors (Lipinski definition) is 2. The number of aryl methyl sites for hydroxylation is 1. The predicted octanol–water partition coefficient (Wildman–Crippen LogP) is 6.19. The van der Waals surface area contributed by atoms with E-state index >= 15 is 0 Å². The van der Waals surface area contributed by atoms with Crippen LogP contribution in [0.15, 0.2) is 69.6 Å². The van der Waals surface area contributed by atoms with Crippen LogP contribution in [0.25, 0.3) is 22.4 Å². The lowest BCUT2D eigenvalue weighted by Gasteiger charge is -2.13. The fraction of sp³-hybridized carbons (Fsp3) is 0.222. The van der Waals surface area contributed by atoms with E-state index < -0.39 is 5.56 Å². The topological polar surface area (TPSA) is 110 Å². The van der Waals surface area contributed by atoms with Gasteiger partial charge in [-0.15, -0.1) is 5.11 Å². The molecule has 186 valence electrons. The van der Waals surface area contributed by atoms with Crippen molar-refractivity contribution in [3.8, 4) is 45.4 Å². The van der Waals surface area contributed by atoms with Gasteiger partial charge in [0.2, 0.25) is 5.75 Å². The molecule has 0 amide bonds. The van der Waals surface area contributed by atoms with Gasteiger partial charge in [0.1, 0.15) is 5.75 Å². The van der Waals surface area contributed by atoms with Gasteiger partial charge in [0, 0.05) is 5.56 Å². The average molecular weight is 489 g/mol. The Morgan fingerprint density at radius 3 is 2.25 bits per heavy atom. The van der Waals surface area contributed by atoms with Crippen molar-refractivity contribution in [3.05, 3.63) is 70.5 Å². The molecule has 4 aromatic rings. The Hall–Kier alpha value is -4.53. The highest BCUT2D eigenvalue weighted by Gasteiger charge is 2.18. The molecule has 0 aliphatic rings. The van der Waals surface area contributed by atoms with E-state index in [0.717, 1.165) is 22.4 Å². The minimum atomic E-state index is -0.403. The molecule has 0 spiro atoms. The normalized spacial score (nSPS) is 11.0. The molecule has 0 aliphatic carbocycles. The summed E-state index contributed by atoms with van der Waals surface area (Å²) in [5, 5.41) is 14.1. The number of nitrogens with zero attached hydrogens (tertiary/aromatic N) is 2. The number of aromatic amines is 2. The number of ether oxygens (including phenoxy) is 4. The van der Waals surface area contributed by atoms with Crippen LogP contribution in [0.5, 0.6) is 23.0 Å². The summed E-state index contributed by atoms with van der Waals surface area (Å²) in [5.74, 6) is 2.16. The van der Waals surface area contributed by atoms with Crippen LogP contribution < -0.4 is 24.5 Å². The van der Waals surface area contributed by atoms with Gasteiger partial charge >= 0.3 is 0 Å². The van der Waals surface area contributed by atoms with Crippen molar-refractivity contribution >= 4 is 11.4 Å². The molecular weight excluding hydrogens is 460 g/mol. The van der Waals surface area contributed by atoms with Gasteiger partial charge in [0.15, 0.2) is 17.2 Å². The average Bonchev–Trinajstić information content (AvgIpc) is 3.27. The molecule has 0 saturated carbocycles. The summed E-state index contributed by atoms with van der Waals surface area (Å²) in [5.41, 5.74) is 4.49. The number of H-pyrrole nitrogens is 2. The van der Waals surface area contributed by atoms with E-state index in [9.17, 15) is 4.79 Å². The minimum Gasteiger partial charge on any atom is -0.494 e. The van der Waals surface area contributed by atoms with Gasteiger partial charge < -0.3 is 18.9 Å². The van der Waals surface area contributed by atoms with Crippen LogP contribution in [0.3, 0.4) is 0 Å². The molecule has 0 unspecified atom stereocenters. The van der Waals surface area contributed by atoms with Gasteiger partial charge in [-0.3, -0.25) is 15.0 Å². The maximum Gasteiger partial charge on any atom is 0.292 e. The molecule has 2 N–H and O–H groups in total. The molecule has 4 rings (SSSR count). The first-order valence-electron chi connectivity index (χ1n) is 11.4. The highest BCUT2D eigenvalue weighted by molar-refractivity contribution is 5.76. The number of benzene rings is 3. The van der Waals surface area contributed by atoms with E-state index in [1.165, 1.54) is 21.3 Å². The molecule has 0 atom stereocenters. The van der Waals surface area contributed by atoms with Crippen LogP contribution in [-0.2, 0) is 0 Å². The zero-order valence-corrected chi connectivity index (χ0v) is 20.8. The van der Waals surface area contributed by atoms with E-state index in [2.05, 4.69) is 20.4 Å². The highest BCUT2D eigenvalue weighted by Crippen LogP contribution is 2.42. The Labute approximate surface area is 208 Å². The minimum absolute atomic E-state index is 0.129. The Balaban J connectivity index is 1.72. The highest BCUT2D eigenvalue weighted by atomic mass is 16.5. The Morgan fingerprint density at radius 1 is 0.833 bits per heavy atom. The maximum atomic E-state index is 12.6. The SMILES string of the molecule is CCOc1cccc(-c2cc(N=Nc3c(-c4cc(OC)c(OC)c(OC)c4)[nH][nH]c3=O)ccc2C)c1. The second kappa shape index (κ2) is 10.8. The van der Waals surface area contributed by atoms with E-state index in [-0.39, 0.29) is 5.69 Å².